The molecule has 0 bridgehead atoms. The van der Waals surface area contributed by atoms with E-state index in [0.717, 1.165) is 11.1 Å². The van der Waals surface area contributed by atoms with Crippen LogP contribution in [0, 0.1) is 0 Å². The van der Waals surface area contributed by atoms with E-state index in [1.807, 2.05) is 24.3 Å². The molecule has 0 radical (unpaired) electrons. The number of fused-ring (bicyclic) bond motifs is 3. The van der Waals surface area contributed by atoms with Gasteiger partial charge in [-0.2, -0.15) is 0 Å². The Morgan fingerprint density at radius 3 is 2.29 bits per heavy atom. The summed E-state index contributed by atoms with van der Waals surface area (Å²) < 4.78 is 5.46. The fraction of sp³-hybridized carbons (Fsp3) is 0.250. The molecule has 0 saturated carbocycles. The average molecular weight is 419 g/mol. The van der Waals surface area contributed by atoms with E-state index in [1.165, 1.54) is 17.3 Å². The molecule has 2 aromatic carbocycles. The van der Waals surface area contributed by atoms with Crippen LogP contribution in [-0.4, -0.2) is 40.5 Å². The molecule has 3 aromatic rings. The molecule has 1 amide bonds. The lowest BCUT2D eigenvalue weighted by Gasteiger charge is -2.18. The number of carbonyl (C=O) groups is 1. The third-order valence-corrected chi connectivity index (χ3v) is 5.57. The lowest BCUT2D eigenvalue weighted by atomic mass is 9.98. The van der Waals surface area contributed by atoms with Crippen LogP contribution in [0.1, 0.15) is 35.1 Å². The topological polar surface area (TPSA) is 118 Å². The smallest absolute Gasteiger partial charge is 0.407 e. The summed E-state index contributed by atoms with van der Waals surface area (Å²) in [7, 11) is 0. The number of aliphatic hydroxyl groups excluding tert-OH is 2. The quantitative estimate of drug-likeness (QED) is 0.468. The van der Waals surface area contributed by atoms with Crippen LogP contribution >= 0.6 is 0 Å². The second kappa shape index (κ2) is 9.16. The molecule has 0 aliphatic heterocycles. The number of hydrogen-bond acceptors (Lipinski definition) is 6. The summed E-state index contributed by atoms with van der Waals surface area (Å²) in [6.45, 7) is 0.388. The minimum Gasteiger partial charge on any atom is -0.449 e. The fourth-order valence-corrected chi connectivity index (χ4v) is 3.94. The zero-order valence-corrected chi connectivity index (χ0v) is 16.9. The second-order valence-electron chi connectivity index (χ2n) is 7.57. The largest absolute Gasteiger partial charge is 0.449 e. The number of nitrogen functional groups attached to an aromatic ring is 1. The predicted molar refractivity (Wildman–Crippen MR) is 117 cm³/mol. The molecule has 1 heterocycles. The molecule has 31 heavy (non-hydrogen) atoms. The molecule has 0 spiro atoms. The van der Waals surface area contributed by atoms with E-state index >= 15 is 0 Å². The van der Waals surface area contributed by atoms with Crippen molar-refractivity contribution in [2.45, 2.75) is 24.5 Å². The van der Waals surface area contributed by atoms with Gasteiger partial charge in [0.05, 0.1) is 6.10 Å². The first kappa shape index (κ1) is 20.8. The van der Waals surface area contributed by atoms with Crippen LogP contribution in [0.4, 0.5) is 10.6 Å². The molecule has 5 N–H and O–H groups in total. The van der Waals surface area contributed by atoms with Crippen LogP contribution in [0.3, 0.4) is 0 Å². The zero-order valence-electron chi connectivity index (χ0n) is 16.9. The lowest BCUT2D eigenvalue weighted by molar-refractivity contribution is 0.0135. The Morgan fingerprint density at radius 2 is 1.68 bits per heavy atom. The molecule has 1 aliphatic carbocycles. The summed E-state index contributed by atoms with van der Waals surface area (Å²) in [6, 6.07) is 19.4. The maximum Gasteiger partial charge on any atom is 0.407 e. The van der Waals surface area contributed by atoms with E-state index in [4.69, 9.17) is 10.5 Å². The highest BCUT2D eigenvalue weighted by molar-refractivity contribution is 5.79. The molecule has 160 valence electrons. The number of aliphatic hydroxyl groups is 2. The Balaban J connectivity index is 1.28. The Labute approximate surface area is 180 Å². The summed E-state index contributed by atoms with van der Waals surface area (Å²) in [5.74, 6) is 0.325. The van der Waals surface area contributed by atoms with Crippen molar-refractivity contribution in [2.75, 3.05) is 18.9 Å². The van der Waals surface area contributed by atoms with Crippen molar-refractivity contribution in [2.24, 2.45) is 0 Å². The van der Waals surface area contributed by atoms with E-state index in [1.54, 1.807) is 12.1 Å². The van der Waals surface area contributed by atoms with Crippen molar-refractivity contribution >= 4 is 11.9 Å². The Morgan fingerprint density at radius 1 is 1.03 bits per heavy atom. The number of nitrogens with zero attached hydrogens (tertiary/aromatic N) is 1. The highest BCUT2D eigenvalue weighted by Gasteiger charge is 2.29. The number of nitrogens with two attached hydrogens (primary N) is 1. The van der Waals surface area contributed by atoms with Gasteiger partial charge >= 0.3 is 6.09 Å². The summed E-state index contributed by atoms with van der Waals surface area (Å²) in [5, 5.41) is 23.0. The summed E-state index contributed by atoms with van der Waals surface area (Å²) in [5.41, 5.74) is 10.6. The summed E-state index contributed by atoms with van der Waals surface area (Å²) in [6.07, 6.45) is -1.15. The Hall–Kier alpha value is -3.42. The van der Waals surface area contributed by atoms with E-state index in [0.29, 0.717) is 11.4 Å². The molecular formula is C24H25N3O4. The molecule has 2 unspecified atom stereocenters. The van der Waals surface area contributed by atoms with Crippen molar-refractivity contribution < 1.29 is 19.7 Å². The highest BCUT2D eigenvalue weighted by atomic mass is 16.5. The zero-order chi connectivity index (χ0) is 21.8. The van der Waals surface area contributed by atoms with E-state index < -0.39 is 18.3 Å². The van der Waals surface area contributed by atoms with Gasteiger partial charge in [0.25, 0.3) is 0 Å². The van der Waals surface area contributed by atoms with Gasteiger partial charge in [0.15, 0.2) is 0 Å². The number of anilines is 1. The number of benzene rings is 2. The van der Waals surface area contributed by atoms with Crippen molar-refractivity contribution in [3.05, 3.63) is 83.6 Å². The standard InChI is InChI=1S/C24H25N3O4/c25-22-10-9-15(13-27-22)23(29)21(28)11-12-26-24(30)31-14-20-18-7-3-1-5-16(18)17-6-2-4-8-19(17)20/h1-10,13,20-21,23,28-29H,11-12,14H2,(H2,25,27)(H,26,30). The maximum atomic E-state index is 12.2. The average Bonchev–Trinajstić information content (AvgIpc) is 3.11. The monoisotopic (exact) mass is 419 g/mol. The van der Waals surface area contributed by atoms with Gasteiger partial charge in [0.1, 0.15) is 18.5 Å². The maximum absolute atomic E-state index is 12.2. The number of aromatic nitrogens is 1. The van der Waals surface area contributed by atoms with Crippen LogP contribution in [0.5, 0.6) is 0 Å². The van der Waals surface area contributed by atoms with Gasteiger partial charge in [0.2, 0.25) is 0 Å². The molecule has 4 rings (SSSR count). The molecule has 0 fully saturated rings. The Kier molecular flexibility index (Phi) is 6.16. The molecule has 7 nitrogen and oxygen atoms in total. The number of rotatable bonds is 7. The van der Waals surface area contributed by atoms with E-state index in [9.17, 15) is 15.0 Å². The van der Waals surface area contributed by atoms with Crippen LogP contribution in [0.25, 0.3) is 11.1 Å². The highest BCUT2D eigenvalue weighted by Crippen LogP contribution is 2.44. The predicted octanol–water partition coefficient (Wildman–Crippen LogP) is 2.99. The van der Waals surface area contributed by atoms with Gasteiger partial charge in [-0.1, -0.05) is 54.6 Å². The minimum atomic E-state index is -1.11. The normalized spacial score (nSPS) is 14.4. The first-order chi connectivity index (χ1) is 15.0. The first-order valence-electron chi connectivity index (χ1n) is 10.2. The van der Waals surface area contributed by atoms with Gasteiger partial charge in [-0.3, -0.25) is 0 Å². The van der Waals surface area contributed by atoms with Crippen LogP contribution in [0.15, 0.2) is 66.9 Å². The number of nitrogens with one attached hydrogen (secondary N) is 1. The van der Waals surface area contributed by atoms with Gasteiger partial charge in [0, 0.05) is 24.2 Å². The Bertz CT molecular complexity index is 1010. The number of alkyl carbamates (subject to hydrolysis) is 1. The number of ether oxygens (including phenoxy) is 1. The second-order valence-corrected chi connectivity index (χ2v) is 7.57. The van der Waals surface area contributed by atoms with E-state index in [2.05, 4.69) is 34.6 Å². The van der Waals surface area contributed by atoms with Crippen LogP contribution in [-0.2, 0) is 4.74 Å². The number of carbonyl (C=O) groups excluding carboxylic acids is 1. The van der Waals surface area contributed by atoms with Crippen molar-refractivity contribution in [3.8, 4) is 11.1 Å². The third kappa shape index (κ3) is 4.52. The van der Waals surface area contributed by atoms with Gasteiger partial charge in [-0.25, -0.2) is 9.78 Å². The van der Waals surface area contributed by atoms with E-state index in [-0.39, 0.29) is 25.5 Å². The van der Waals surface area contributed by atoms with Crippen molar-refractivity contribution in [1.29, 1.82) is 0 Å². The number of pyridine rings is 1. The fourth-order valence-electron chi connectivity index (χ4n) is 3.94. The van der Waals surface area contributed by atoms with Crippen LogP contribution < -0.4 is 11.1 Å². The van der Waals surface area contributed by atoms with Crippen LogP contribution in [0.2, 0.25) is 0 Å². The molecule has 2 atom stereocenters. The summed E-state index contributed by atoms with van der Waals surface area (Å²) in [4.78, 5) is 16.1. The molecule has 1 aromatic heterocycles. The number of hydrogen-bond donors (Lipinski definition) is 4. The molecule has 1 aliphatic rings. The first-order valence-corrected chi connectivity index (χ1v) is 10.2. The third-order valence-electron chi connectivity index (χ3n) is 5.57. The van der Waals surface area contributed by atoms with Gasteiger partial charge in [-0.15, -0.1) is 0 Å². The minimum absolute atomic E-state index is 0.0106. The molecular weight excluding hydrogens is 394 g/mol. The van der Waals surface area contributed by atoms with Crippen molar-refractivity contribution in [1.82, 2.24) is 10.3 Å². The van der Waals surface area contributed by atoms with Crippen molar-refractivity contribution in [3.63, 3.8) is 0 Å². The number of amides is 1. The molecule has 7 heteroatoms. The van der Waals surface area contributed by atoms with Gasteiger partial charge < -0.3 is 26.0 Å². The molecule has 0 saturated heterocycles. The van der Waals surface area contributed by atoms with Gasteiger partial charge in [-0.05, 0) is 34.7 Å². The SMILES string of the molecule is Nc1ccc(C(O)C(O)CCNC(=O)OCC2c3ccccc3-c3ccccc32)cn1. The lowest BCUT2D eigenvalue weighted by Crippen LogP contribution is -2.30. The summed E-state index contributed by atoms with van der Waals surface area (Å²) >= 11 is 0.